The van der Waals surface area contributed by atoms with Crippen molar-refractivity contribution < 1.29 is 80.2 Å². The second kappa shape index (κ2) is 56.1. The van der Waals surface area contributed by atoms with Crippen molar-refractivity contribution in [2.75, 3.05) is 39.6 Å². The number of aliphatic hydroxyl groups excluding tert-OH is 1. The highest BCUT2D eigenvalue weighted by Gasteiger charge is 2.30. The summed E-state index contributed by atoms with van der Waals surface area (Å²) in [6.45, 7) is 14.0. The predicted molar refractivity (Wildman–Crippen MR) is 340 cm³/mol. The van der Waals surface area contributed by atoms with Crippen LogP contribution in [0.25, 0.3) is 0 Å². The molecule has 0 aromatic heterocycles. The van der Waals surface area contributed by atoms with E-state index in [0.717, 1.165) is 114 Å². The molecule has 6 atom stereocenters. The number of hydrogen-bond acceptors (Lipinski definition) is 15. The lowest BCUT2D eigenvalue weighted by Gasteiger charge is -2.21. The maximum Gasteiger partial charge on any atom is 0.472 e. The summed E-state index contributed by atoms with van der Waals surface area (Å²) in [5, 5.41) is 10.5. The summed E-state index contributed by atoms with van der Waals surface area (Å²) in [5.74, 6) is 0.788. The largest absolute Gasteiger partial charge is 0.472 e. The molecule has 0 aromatic carbocycles. The molecule has 504 valence electrons. The van der Waals surface area contributed by atoms with Crippen LogP contribution in [-0.2, 0) is 65.4 Å². The van der Waals surface area contributed by atoms with E-state index in [4.69, 9.17) is 37.0 Å². The summed E-state index contributed by atoms with van der Waals surface area (Å²) < 4.78 is 68.1. The molecule has 0 aliphatic rings. The predicted octanol–water partition coefficient (Wildman–Crippen LogP) is 18.1. The Hall–Kier alpha value is -1.94. The van der Waals surface area contributed by atoms with Gasteiger partial charge in [-0.2, -0.15) is 0 Å². The van der Waals surface area contributed by atoms with Crippen LogP contribution in [0, 0.1) is 23.7 Å². The first-order chi connectivity index (χ1) is 40.6. The molecule has 0 spiro atoms. The standard InChI is InChI=1S/C66H128O17P2/c1-9-59(8)45-37-29-20-12-10-11-13-22-32-40-48-65(70)82-62(53-77-64(69)47-39-31-25-24-28-36-44-58(6)7)55-81-85(74,75)79-51-60(67)50-78-84(72,73)80-54-61(83-66(71)49-41-33-23-17-15-19-27-35-43-57(4)5)52-76-63(68)46-38-30-21-16-14-18-26-34-42-56(2)3/h56-62,67H,9-55H2,1-8H3,(H,72,73)(H,74,75)/t59?,60-,61-,62-/m1/s1. The molecule has 0 rings (SSSR count). The van der Waals surface area contributed by atoms with Crippen LogP contribution in [0.15, 0.2) is 0 Å². The summed E-state index contributed by atoms with van der Waals surface area (Å²) >= 11 is 0. The van der Waals surface area contributed by atoms with E-state index in [-0.39, 0.29) is 25.7 Å². The van der Waals surface area contributed by atoms with Crippen molar-refractivity contribution in [1.82, 2.24) is 0 Å². The summed E-state index contributed by atoms with van der Waals surface area (Å²) in [6, 6.07) is 0. The summed E-state index contributed by atoms with van der Waals surface area (Å²) in [4.78, 5) is 72.3. The van der Waals surface area contributed by atoms with Crippen LogP contribution >= 0.6 is 15.6 Å². The van der Waals surface area contributed by atoms with Gasteiger partial charge in [-0.25, -0.2) is 9.13 Å². The first-order valence-electron chi connectivity index (χ1n) is 34.2. The Labute approximate surface area is 517 Å². The van der Waals surface area contributed by atoms with Gasteiger partial charge in [0.15, 0.2) is 12.2 Å². The molecule has 0 amide bonds. The zero-order valence-electron chi connectivity index (χ0n) is 55.2. The number of phosphoric acid groups is 2. The molecule has 0 fully saturated rings. The fraction of sp³-hybridized carbons (Fsp3) is 0.939. The van der Waals surface area contributed by atoms with Crippen LogP contribution in [0.4, 0.5) is 0 Å². The monoisotopic (exact) mass is 1250 g/mol. The van der Waals surface area contributed by atoms with Gasteiger partial charge in [0.2, 0.25) is 0 Å². The zero-order chi connectivity index (χ0) is 63.2. The molecule has 19 heteroatoms. The van der Waals surface area contributed by atoms with Crippen LogP contribution in [-0.4, -0.2) is 96.7 Å². The van der Waals surface area contributed by atoms with E-state index in [1.54, 1.807) is 0 Å². The Kier molecular flexibility index (Phi) is 54.8. The second-order valence-corrected chi connectivity index (χ2v) is 28.4. The zero-order valence-corrected chi connectivity index (χ0v) is 57.0. The highest BCUT2D eigenvalue weighted by atomic mass is 31.2. The van der Waals surface area contributed by atoms with E-state index in [0.29, 0.717) is 31.6 Å². The Morgan fingerprint density at radius 3 is 0.835 bits per heavy atom. The quantitative estimate of drug-likeness (QED) is 0.0222. The minimum Gasteiger partial charge on any atom is -0.462 e. The van der Waals surface area contributed by atoms with Gasteiger partial charge in [0, 0.05) is 25.7 Å². The smallest absolute Gasteiger partial charge is 0.462 e. The summed E-state index contributed by atoms with van der Waals surface area (Å²) in [7, 11) is -9.89. The fourth-order valence-corrected chi connectivity index (χ4v) is 11.3. The third-order valence-corrected chi connectivity index (χ3v) is 17.3. The van der Waals surface area contributed by atoms with E-state index >= 15 is 0 Å². The number of carbonyl (C=O) groups is 4. The van der Waals surface area contributed by atoms with Crippen molar-refractivity contribution in [1.29, 1.82) is 0 Å². The molecule has 85 heavy (non-hydrogen) atoms. The van der Waals surface area contributed by atoms with Gasteiger partial charge in [0.1, 0.15) is 19.3 Å². The van der Waals surface area contributed by atoms with Gasteiger partial charge in [-0.1, -0.05) is 267 Å². The molecule has 0 bridgehead atoms. The molecule has 0 radical (unpaired) electrons. The van der Waals surface area contributed by atoms with Gasteiger partial charge in [0.05, 0.1) is 26.4 Å². The normalized spacial score (nSPS) is 14.7. The van der Waals surface area contributed by atoms with Crippen molar-refractivity contribution in [3.8, 4) is 0 Å². The van der Waals surface area contributed by atoms with Crippen LogP contribution < -0.4 is 0 Å². The highest BCUT2D eigenvalue weighted by Crippen LogP contribution is 2.45. The average Bonchev–Trinajstić information content (AvgIpc) is 3.53. The Balaban J connectivity index is 5.25. The van der Waals surface area contributed by atoms with Crippen molar-refractivity contribution in [2.24, 2.45) is 23.7 Å². The number of hydrogen-bond donors (Lipinski definition) is 3. The molecular formula is C66H128O17P2. The van der Waals surface area contributed by atoms with Crippen LogP contribution in [0.5, 0.6) is 0 Å². The van der Waals surface area contributed by atoms with E-state index in [1.807, 2.05) is 0 Å². The molecule has 0 saturated heterocycles. The van der Waals surface area contributed by atoms with E-state index < -0.39 is 97.5 Å². The van der Waals surface area contributed by atoms with Gasteiger partial charge in [-0.3, -0.25) is 37.3 Å². The lowest BCUT2D eigenvalue weighted by molar-refractivity contribution is -0.161. The number of unbranched alkanes of at least 4 members (excludes halogenated alkanes) is 28. The van der Waals surface area contributed by atoms with Crippen molar-refractivity contribution in [3.63, 3.8) is 0 Å². The van der Waals surface area contributed by atoms with Gasteiger partial charge < -0.3 is 33.8 Å². The molecule has 3 unspecified atom stereocenters. The van der Waals surface area contributed by atoms with Crippen LogP contribution in [0.3, 0.4) is 0 Å². The van der Waals surface area contributed by atoms with Crippen LogP contribution in [0.2, 0.25) is 0 Å². The molecule has 0 aromatic rings. The van der Waals surface area contributed by atoms with Gasteiger partial charge in [-0.15, -0.1) is 0 Å². The number of esters is 4. The maximum atomic E-state index is 13.0. The van der Waals surface area contributed by atoms with Gasteiger partial charge >= 0.3 is 39.5 Å². The molecular weight excluding hydrogens is 1130 g/mol. The van der Waals surface area contributed by atoms with E-state index in [1.165, 1.54) is 116 Å². The van der Waals surface area contributed by atoms with E-state index in [9.17, 15) is 43.2 Å². The molecule has 3 N–H and O–H groups in total. The van der Waals surface area contributed by atoms with Crippen LogP contribution in [0.1, 0.15) is 319 Å². The Morgan fingerprint density at radius 1 is 0.329 bits per heavy atom. The second-order valence-electron chi connectivity index (χ2n) is 25.5. The van der Waals surface area contributed by atoms with Crippen molar-refractivity contribution in [3.05, 3.63) is 0 Å². The number of carbonyl (C=O) groups excluding carboxylic acids is 4. The number of phosphoric ester groups is 2. The Bertz CT molecular complexity index is 1700. The molecule has 0 heterocycles. The number of ether oxygens (including phenoxy) is 4. The summed E-state index contributed by atoms with van der Waals surface area (Å²) in [6.07, 6.45) is 36.3. The third-order valence-electron chi connectivity index (χ3n) is 15.4. The van der Waals surface area contributed by atoms with Gasteiger partial charge in [0.25, 0.3) is 0 Å². The average molecular weight is 1260 g/mol. The molecule has 0 aliphatic heterocycles. The van der Waals surface area contributed by atoms with Crippen molar-refractivity contribution >= 4 is 39.5 Å². The molecule has 0 aliphatic carbocycles. The Morgan fingerprint density at radius 2 is 0.565 bits per heavy atom. The third kappa shape index (κ3) is 59.5. The van der Waals surface area contributed by atoms with Crippen molar-refractivity contribution in [2.45, 2.75) is 337 Å². The van der Waals surface area contributed by atoms with E-state index in [2.05, 4.69) is 55.4 Å². The number of rotatable bonds is 63. The first-order valence-corrected chi connectivity index (χ1v) is 37.2. The fourth-order valence-electron chi connectivity index (χ4n) is 9.75. The lowest BCUT2D eigenvalue weighted by Crippen LogP contribution is -2.30. The minimum absolute atomic E-state index is 0.103. The highest BCUT2D eigenvalue weighted by molar-refractivity contribution is 7.47. The molecule has 0 saturated carbocycles. The lowest BCUT2D eigenvalue weighted by atomic mass is 9.99. The number of aliphatic hydroxyl groups is 1. The molecule has 17 nitrogen and oxygen atoms in total. The minimum atomic E-state index is -4.95. The SMILES string of the molecule is CCC(C)CCCCCCCCCCCCC(=O)O[C@H](COC(=O)CCCCCCCCC(C)C)COP(=O)(O)OC[C@H](O)COP(=O)(O)OC[C@@H](COC(=O)CCCCCCCCCCC(C)C)OC(=O)CCCCCCCCCCC(C)C. The first kappa shape index (κ1) is 83.1. The maximum absolute atomic E-state index is 13.0. The topological polar surface area (TPSA) is 237 Å². The van der Waals surface area contributed by atoms with Gasteiger partial charge in [-0.05, 0) is 49.4 Å². The summed E-state index contributed by atoms with van der Waals surface area (Å²) in [5.41, 5.74) is 0.